The molecular formula is C13H22N4O2. The molecule has 0 amide bonds. The number of rotatable bonds is 4. The van der Waals surface area contributed by atoms with Crippen LogP contribution in [0.15, 0.2) is 6.07 Å². The van der Waals surface area contributed by atoms with Gasteiger partial charge in [0.25, 0.3) is 0 Å². The summed E-state index contributed by atoms with van der Waals surface area (Å²) in [6.07, 6.45) is -0.437. The minimum Gasteiger partial charge on any atom is -0.354 e. The standard InChI is InChI=1S/C13H22N4O2/c1-10-14-11(13(18-3)19-4)9-12(15-10)17-7-5-16(2)6-8-17/h9,13H,5-8H2,1-4H3. The predicted molar refractivity (Wildman–Crippen MR) is 73.2 cm³/mol. The summed E-state index contributed by atoms with van der Waals surface area (Å²) >= 11 is 0. The van der Waals surface area contributed by atoms with Crippen molar-refractivity contribution in [1.29, 1.82) is 0 Å². The molecule has 1 fully saturated rings. The predicted octanol–water partition coefficient (Wildman–Crippen LogP) is 0.828. The van der Waals surface area contributed by atoms with Crippen LogP contribution >= 0.6 is 0 Å². The average Bonchev–Trinajstić information content (AvgIpc) is 2.40. The first-order chi connectivity index (χ1) is 9.13. The van der Waals surface area contributed by atoms with E-state index >= 15 is 0 Å². The Bertz CT molecular complexity index is 415. The van der Waals surface area contributed by atoms with Gasteiger partial charge >= 0.3 is 0 Å². The van der Waals surface area contributed by atoms with Crippen molar-refractivity contribution in [3.8, 4) is 0 Å². The Kier molecular flexibility index (Phi) is 4.68. The Hall–Kier alpha value is -1.24. The fourth-order valence-electron chi connectivity index (χ4n) is 2.23. The van der Waals surface area contributed by atoms with E-state index in [1.807, 2.05) is 13.0 Å². The highest BCUT2D eigenvalue weighted by Gasteiger charge is 2.19. The largest absolute Gasteiger partial charge is 0.354 e. The van der Waals surface area contributed by atoms with Crippen LogP contribution in [0.3, 0.4) is 0 Å². The van der Waals surface area contributed by atoms with Gasteiger partial charge in [-0.15, -0.1) is 0 Å². The van der Waals surface area contributed by atoms with E-state index in [0.29, 0.717) is 0 Å². The zero-order valence-corrected chi connectivity index (χ0v) is 12.1. The van der Waals surface area contributed by atoms with Crippen molar-refractivity contribution < 1.29 is 9.47 Å². The molecule has 0 spiro atoms. The van der Waals surface area contributed by atoms with Crippen LogP contribution in [0.25, 0.3) is 0 Å². The number of methoxy groups -OCH3 is 2. The summed E-state index contributed by atoms with van der Waals surface area (Å²) in [5.74, 6) is 1.69. The summed E-state index contributed by atoms with van der Waals surface area (Å²) in [5, 5.41) is 0. The van der Waals surface area contributed by atoms with Gasteiger partial charge in [-0.05, 0) is 14.0 Å². The number of aryl methyl sites for hydroxylation is 1. The molecule has 0 N–H and O–H groups in total. The lowest BCUT2D eigenvalue weighted by atomic mass is 10.3. The molecule has 0 bridgehead atoms. The van der Waals surface area contributed by atoms with E-state index in [2.05, 4.69) is 26.8 Å². The van der Waals surface area contributed by atoms with Crippen LogP contribution in [0.2, 0.25) is 0 Å². The highest BCUT2D eigenvalue weighted by Crippen LogP contribution is 2.21. The fraction of sp³-hybridized carbons (Fsp3) is 0.692. The maximum absolute atomic E-state index is 5.26. The van der Waals surface area contributed by atoms with Crippen LogP contribution < -0.4 is 4.90 Å². The maximum Gasteiger partial charge on any atom is 0.200 e. The summed E-state index contributed by atoms with van der Waals surface area (Å²) in [5.41, 5.74) is 0.770. The highest BCUT2D eigenvalue weighted by atomic mass is 16.7. The lowest BCUT2D eigenvalue weighted by molar-refractivity contribution is -0.108. The summed E-state index contributed by atoms with van der Waals surface area (Å²) in [6, 6.07) is 1.95. The molecule has 0 unspecified atom stereocenters. The number of aromatic nitrogens is 2. The van der Waals surface area contributed by atoms with Crippen LogP contribution in [-0.4, -0.2) is 62.3 Å². The first kappa shape index (κ1) is 14.2. The van der Waals surface area contributed by atoms with Crippen LogP contribution in [0.5, 0.6) is 0 Å². The zero-order chi connectivity index (χ0) is 13.8. The van der Waals surface area contributed by atoms with Crippen molar-refractivity contribution in [3.63, 3.8) is 0 Å². The number of likely N-dealkylation sites (N-methyl/N-ethyl adjacent to an activating group) is 1. The third kappa shape index (κ3) is 3.40. The van der Waals surface area contributed by atoms with E-state index in [1.165, 1.54) is 0 Å². The van der Waals surface area contributed by atoms with Crippen LogP contribution in [0.4, 0.5) is 5.82 Å². The van der Waals surface area contributed by atoms with Gasteiger partial charge < -0.3 is 19.3 Å². The molecule has 19 heavy (non-hydrogen) atoms. The zero-order valence-electron chi connectivity index (χ0n) is 12.1. The number of nitrogens with zero attached hydrogens (tertiary/aromatic N) is 4. The highest BCUT2D eigenvalue weighted by molar-refractivity contribution is 5.40. The van der Waals surface area contributed by atoms with Gasteiger partial charge in [-0.25, -0.2) is 9.97 Å². The topological polar surface area (TPSA) is 50.7 Å². The van der Waals surface area contributed by atoms with Crippen molar-refractivity contribution in [2.45, 2.75) is 13.2 Å². The molecule has 0 aliphatic carbocycles. The van der Waals surface area contributed by atoms with Crippen molar-refractivity contribution in [2.24, 2.45) is 0 Å². The van der Waals surface area contributed by atoms with Gasteiger partial charge in [-0.1, -0.05) is 0 Å². The molecule has 1 aliphatic heterocycles. The summed E-state index contributed by atoms with van der Waals surface area (Å²) in [7, 11) is 5.36. The Labute approximate surface area is 114 Å². The number of hydrogen-bond acceptors (Lipinski definition) is 6. The second-order valence-electron chi connectivity index (χ2n) is 4.79. The van der Waals surface area contributed by atoms with Crippen molar-refractivity contribution in [1.82, 2.24) is 14.9 Å². The van der Waals surface area contributed by atoms with Crippen molar-refractivity contribution >= 4 is 5.82 Å². The maximum atomic E-state index is 5.26. The normalized spacial score (nSPS) is 17.2. The monoisotopic (exact) mass is 266 g/mol. The fourth-order valence-corrected chi connectivity index (χ4v) is 2.23. The van der Waals surface area contributed by atoms with E-state index < -0.39 is 6.29 Å². The van der Waals surface area contributed by atoms with Crippen molar-refractivity contribution in [2.75, 3.05) is 52.3 Å². The Morgan fingerprint density at radius 3 is 2.32 bits per heavy atom. The number of hydrogen-bond donors (Lipinski definition) is 0. The number of anilines is 1. The molecule has 2 rings (SSSR count). The van der Waals surface area contributed by atoms with Crippen LogP contribution in [0, 0.1) is 6.92 Å². The van der Waals surface area contributed by atoms with Gasteiger partial charge in [0.2, 0.25) is 6.29 Å². The summed E-state index contributed by atoms with van der Waals surface area (Å²) in [4.78, 5) is 13.5. The third-order valence-electron chi connectivity index (χ3n) is 3.34. The molecule has 0 radical (unpaired) electrons. The molecule has 6 heteroatoms. The van der Waals surface area contributed by atoms with E-state index in [9.17, 15) is 0 Å². The minimum atomic E-state index is -0.437. The molecule has 1 aromatic heterocycles. The van der Waals surface area contributed by atoms with Crippen molar-refractivity contribution in [3.05, 3.63) is 17.6 Å². The SMILES string of the molecule is COC(OC)c1cc(N2CCN(C)CC2)nc(C)n1. The lowest BCUT2D eigenvalue weighted by Crippen LogP contribution is -2.45. The molecule has 0 saturated carbocycles. The first-order valence-corrected chi connectivity index (χ1v) is 6.48. The molecule has 1 aromatic rings. The van der Waals surface area contributed by atoms with E-state index in [0.717, 1.165) is 43.5 Å². The molecule has 2 heterocycles. The molecule has 1 saturated heterocycles. The van der Waals surface area contributed by atoms with Crippen LogP contribution in [-0.2, 0) is 9.47 Å². The Morgan fingerprint density at radius 2 is 1.74 bits per heavy atom. The van der Waals surface area contributed by atoms with Gasteiger partial charge in [0, 0.05) is 46.5 Å². The average molecular weight is 266 g/mol. The molecule has 0 aromatic carbocycles. The van der Waals surface area contributed by atoms with E-state index in [1.54, 1.807) is 14.2 Å². The molecular weight excluding hydrogens is 244 g/mol. The molecule has 106 valence electrons. The first-order valence-electron chi connectivity index (χ1n) is 6.48. The van der Waals surface area contributed by atoms with Gasteiger partial charge in [0.15, 0.2) is 0 Å². The van der Waals surface area contributed by atoms with Gasteiger partial charge in [0.05, 0.1) is 0 Å². The van der Waals surface area contributed by atoms with Gasteiger partial charge in [-0.3, -0.25) is 0 Å². The van der Waals surface area contributed by atoms with E-state index in [4.69, 9.17) is 9.47 Å². The summed E-state index contributed by atoms with van der Waals surface area (Å²) in [6.45, 7) is 5.96. The third-order valence-corrected chi connectivity index (χ3v) is 3.34. The lowest BCUT2D eigenvalue weighted by Gasteiger charge is -2.33. The van der Waals surface area contributed by atoms with Gasteiger partial charge in [-0.2, -0.15) is 0 Å². The second-order valence-corrected chi connectivity index (χ2v) is 4.79. The van der Waals surface area contributed by atoms with E-state index in [-0.39, 0.29) is 0 Å². The molecule has 6 nitrogen and oxygen atoms in total. The minimum absolute atomic E-state index is 0.437. The molecule has 0 atom stereocenters. The Morgan fingerprint density at radius 1 is 1.11 bits per heavy atom. The Balaban J connectivity index is 2.21. The summed E-state index contributed by atoms with van der Waals surface area (Å²) < 4.78 is 10.5. The number of piperazine rings is 1. The smallest absolute Gasteiger partial charge is 0.200 e. The van der Waals surface area contributed by atoms with Gasteiger partial charge in [0.1, 0.15) is 17.3 Å². The van der Waals surface area contributed by atoms with Crippen LogP contribution in [0.1, 0.15) is 17.8 Å². The quantitative estimate of drug-likeness (QED) is 0.752. The second kappa shape index (κ2) is 6.27. The molecule has 1 aliphatic rings. The number of ether oxygens (including phenoxy) is 2.